The van der Waals surface area contributed by atoms with Crippen molar-refractivity contribution in [1.29, 1.82) is 0 Å². The highest BCUT2D eigenvalue weighted by Crippen LogP contribution is 2.18. The van der Waals surface area contributed by atoms with Gasteiger partial charge in [0.2, 0.25) is 10.0 Å². The molecule has 0 aliphatic carbocycles. The van der Waals surface area contributed by atoms with Gasteiger partial charge in [-0.1, -0.05) is 6.07 Å². The van der Waals surface area contributed by atoms with E-state index < -0.39 is 15.9 Å². The number of carbonyl (C=O) groups excluding carboxylic acids is 1. The molecule has 1 N–H and O–H groups in total. The van der Waals surface area contributed by atoms with Gasteiger partial charge in [0.25, 0.3) is 5.91 Å². The Labute approximate surface area is 156 Å². The normalized spacial score (nSPS) is 16.0. The molecule has 3 rings (SSSR count). The number of rotatable bonds is 5. The second-order valence-electron chi connectivity index (χ2n) is 5.69. The maximum Gasteiger partial charge on any atom is 0.271 e. The topological polar surface area (TPSA) is 88.1 Å². The summed E-state index contributed by atoms with van der Waals surface area (Å²) in [6, 6.07) is 9.83. The molecule has 0 bridgehead atoms. The first-order valence-corrected chi connectivity index (χ1v) is 10.3. The van der Waals surface area contributed by atoms with Crippen LogP contribution in [-0.2, 0) is 14.8 Å². The molecule has 1 fully saturated rings. The number of ether oxygens (including phenoxy) is 1. The molecule has 9 heteroatoms. The summed E-state index contributed by atoms with van der Waals surface area (Å²) in [4.78, 5) is 14.4. The van der Waals surface area contributed by atoms with Gasteiger partial charge in [-0.2, -0.15) is 9.41 Å². The Bertz CT molecular complexity index is 916. The Morgan fingerprint density at radius 1 is 1.27 bits per heavy atom. The molecule has 0 atom stereocenters. The molecule has 138 valence electrons. The summed E-state index contributed by atoms with van der Waals surface area (Å²) in [7, 11) is -3.64. The van der Waals surface area contributed by atoms with E-state index in [0.29, 0.717) is 26.3 Å². The first-order valence-electron chi connectivity index (χ1n) is 8.04. The summed E-state index contributed by atoms with van der Waals surface area (Å²) in [6.45, 7) is 3.35. The van der Waals surface area contributed by atoms with Gasteiger partial charge >= 0.3 is 0 Å². The number of benzene rings is 1. The first-order chi connectivity index (χ1) is 12.5. The quantitative estimate of drug-likeness (QED) is 0.620. The van der Waals surface area contributed by atoms with E-state index in [0.717, 1.165) is 9.75 Å². The number of thiophene rings is 1. The summed E-state index contributed by atoms with van der Waals surface area (Å²) >= 11 is 1.56. The zero-order valence-electron chi connectivity index (χ0n) is 14.2. The fourth-order valence-corrected chi connectivity index (χ4v) is 4.68. The SMILES string of the molecule is Cc1ccc(/C=N/NC(=O)c2cccc(S(=O)(=O)N3CCOCC3)c2)s1. The van der Waals surface area contributed by atoms with Crippen LogP contribution in [0.4, 0.5) is 0 Å². The van der Waals surface area contributed by atoms with Crippen LogP contribution in [-0.4, -0.2) is 51.1 Å². The number of nitrogens with one attached hydrogen (secondary N) is 1. The number of hydrogen-bond donors (Lipinski definition) is 1. The molecule has 1 amide bonds. The van der Waals surface area contributed by atoms with Gasteiger partial charge in [0, 0.05) is 28.4 Å². The third-order valence-corrected chi connectivity index (χ3v) is 6.65. The van der Waals surface area contributed by atoms with Crippen LogP contribution >= 0.6 is 11.3 Å². The van der Waals surface area contributed by atoms with Crippen LogP contribution in [0.25, 0.3) is 0 Å². The average Bonchev–Trinajstić information content (AvgIpc) is 3.07. The van der Waals surface area contributed by atoms with E-state index in [9.17, 15) is 13.2 Å². The van der Waals surface area contributed by atoms with Gasteiger partial charge < -0.3 is 4.74 Å². The van der Waals surface area contributed by atoms with E-state index in [4.69, 9.17) is 4.74 Å². The number of hydrazone groups is 1. The fraction of sp³-hybridized carbons (Fsp3) is 0.294. The molecular weight excluding hydrogens is 374 g/mol. The number of hydrogen-bond acceptors (Lipinski definition) is 6. The van der Waals surface area contributed by atoms with Gasteiger partial charge in [0.05, 0.1) is 24.3 Å². The molecule has 26 heavy (non-hydrogen) atoms. The molecule has 0 unspecified atom stereocenters. The van der Waals surface area contributed by atoms with Gasteiger partial charge in [-0.15, -0.1) is 11.3 Å². The predicted molar refractivity (Wildman–Crippen MR) is 100 cm³/mol. The Kier molecular flexibility index (Phi) is 5.82. The highest BCUT2D eigenvalue weighted by molar-refractivity contribution is 7.89. The van der Waals surface area contributed by atoms with Gasteiger partial charge in [-0.05, 0) is 37.3 Å². The van der Waals surface area contributed by atoms with Gasteiger partial charge in [0.1, 0.15) is 0 Å². The summed E-state index contributed by atoms with van der Waals surface area (Å²) in [6.07, 6.45) is 1.56. The smallest absolute Gasteiger partial charge is 0.271 e. The third kappa shape index (κ3) is 4.36. The minimum Gasteiger partial charge on any atom is -0.379 e. The van der Waals surface area contributed by atoms with E-state index >= 15 is 0 Å². The molecule has 2 aromatic rings. The summed E-state index contributed by atoms with van der Waals surface area (Å²) in [5, 5.41) is 3.92. The minimum atomic E-state index is -3.64. The van der Waals surface area contributed by atoms with Crippen molar-refractivity contribution in [2.45, 2.75) is 11.8 Å². The molecule has 7 nitrogen and oxygen atoms in total. The molecule has 0 spiro atoms. The molecule has 0 saturated carbocycles. The summed E-state index contributed by atoms with van der Waals surface area (Å²) in [5.74, 6) is -0.464. The van der Waals surface area contributed by atoms with Crippen molar-refractivity contribution in [3.63, 3.8) is 0 Å². The number of carbonyl (C=O) groups is 1. The lowest BCUT2D eigenvalue weighted by molar-refractivity contribution is 0.0730. The van der Waals surface area contributed by atoms with Crippen molar-refractivity contribution in [2.24, 2.45) is 5.10 Å². The second-order valence-corrected chi connectivity index (χ2v) is 8.95. The Morgan fingerprint density at radius 2 is 2.04 bits per heavy atom. The Morgan fingerprint density at radius 3 is 2.73 bits per heavy atom. The van der Waals surface area contributed by atoms with Gasteiger partial charge in [0.15, 0.2) is 0 Å². The Balaban J connectivity index is 1.71. The van der Waals surface area contributed by atoms with E-state index in [1.807, 2.05) is 19.1 Å². The fourth-order valence-electron chi connectivity index (χ4n) is 2.48. The molecule has 1 aromatic carbocycles. The molecular formula is C17H19N3O4S2. The zero-order chi connectivity index (χ0) is 18.6. The van der Waals surface area contributed by atoms with Crippen molar-refractivity contribution >= 4 is 33.5 Å². The first kappa shape index (κ1) is 18.7. The summed E-state index contributed by atoms with van der Waals surface area (Å²) in [5.41, 5.74) is 2.66. The average molecular weight is 393 g/mol. The van der Waals surface area contributed by atoms with Crippen LogP contribution in [0, 0.1) is 6.92 Å². The predicted octanol–water partition coefficient (Wildman–Crippen LogP) is 1.84. The van der Waals surface area contributed by atoms with Crippen molar-refractivity contribution in [1.82, 2.24) is 9.73 Å². The molecule has 1 aliphatic heterocycles. The minimum absolute atomic E-state index is 0.0879. The van der Waals surface area contributed by atoms with Crippen LogP contribution in [0.15, 0.2) is 46.4 Å². The monoisotopic (exact) mass is 393 g/mol. The molecule has 1 aliphatic rings. The molecule has 1 aromatic heterocycles. The van der Waals surface area contributed by atoms with Crippen molar-refractivity contribution < 1.29 is 17.9 Å². The second kappa shape index (κ2) is 8.09. The van der Waals surface area contributed by atoms with Crippen LogP contribution in [0.3, 0.4) is 0 Å². The lowest BCUT2D eigenvalue weighted by atomic mass is 10.2. The number of sulfonamides is 1. The van der Waals surface area contributed by atoms with E-state index in [1.165, 1.54) is 16.4 Å². The molecule has 2 heterocycles. The third-order valence-electron chi connectivity index (χ3n) is 3.82. The Hall–Kier alpha value is -2.07. The number of amides is 1. The van der Waals surface area contributed by atoms with Crippen LogP contribution in [0.1, 0.15) is 20.1 Å². The standard InChI is InChI=1S/C17H19N3O4S2/c1-13-5-6-15(25-13)12-18-19-17(21)14-3-2-4-16(11-14)26(22,23)20-7-9-24-10-8-20/h2-6,11-12H,7-10H2,1H3,(H,19,21)/b18-12+. The van der Waals surface area contributed by atoms with Crippen LogP contribution in [0.2, 0.25) is 0 Å². The lowest BCUT2D eigenvalue weighted by Crippen LogP contribution is -2.40. The van der Waals surface area contributed by atoms with Crippen molar-refractivity contribution in [3.8, 4) is 0 Å². The highest BCUT2D eigenvalue weighted by atomic mass is 32.2. The highest BCUT2D eigenvalue weighted by Gasteiger charge is 2.26. The van der Waals surface area contributed by atoms with Crippen LogP contribution in [0.5, 0.6) is 0 Å². The van der Waals surface area contributed by atoms with E-state index in [2.05, 4.69) is 10.5 Å². The summed E-state index contributed by atoms with van der Waals surface area (Å²) < 4.78 is 31.9. The lowest BCUT2D eigenvalue weighted by Gasteiger charge is -2.26. The van der Waals surface area contributed by atoms with Crippen molar-refractivity contribution in [3.05, 3.63) is 51.7 Å². The van der Waals surface area contributed by atoms with E-state index in [1.54, 1.807) is 29.7 Å². The van der Waals surface area contributed by atoms with Gasteiger partial charge in [-0.3, -0.25) is 4.79 Å². The molecule has 0 radical (unpaired) electrons. The van der Waals surface area contributed by atoms with Crippen molar-refractivity contribution in [2.75, 3.05) is 26.3 Å². The van der Waals surface area contributed by atoms with Crippen LogP contribution < -0.4 is 5.43 Å². The molecule has 1 saturated heterocycles. The number of aryl methyl sites for hydroxylation is 1. The van der Waals surface area contributed by atoms with E-state index in [-0.39, 0.29) is 10.5 Å². The maximum atomic E-state index is 12.7. The zero-order valence-corrected chi connectivity index (χ0v) is 15.8. The number of nitrogens with zero attached hydrogens (tertiary/aromatic N) is 2. The number of morpholine rings is 1. The van der Waals surface area contributed by atoms with Gasteiger partial charge in [-0.25, -0.2) is 13.8 Å². The largest absolute Gasteiger partial charge is 0.379 e. The maximum absolute atomic E-state index is 12.7.